The van der Waals surface area contributed by atoms with Crippen molar-refractivity contribution in [3.63, 3.8) is 0 Å². The Hall–Kier alpha value is -0.950. The van der Waals surface area contributed by atoms with Gasteiger partial charge in [-0.3, -0.25) is 0 Å². The summed E-state index contributed by atoms with van der Waals surface area (Å²) in [4.78, 5) is 2.33. The van der Waals surface area contributed by atoms with Crippen molar-refractivity contribution in [3.8, 4) is 0 Å². The monoisotopic (exact) mass is 267 g/mol. The van der Waals surface area contributed by atoms with Crippen LogP contribution in [-0.4, -0.2) is 0 Å². The van der Waals surface area contributed by atoms with Gasteiger partial charge in [0, 0.05) is 11.8 Å². The first-order chi connectivity index (χ1) is 8.74. The molecule has 0 saturated carbocycles. The summed E-state index contributed by atoms with van der Waals surface area (Å²) >= 11 is 1.15. The van der Waals surface area contributed by atoms with E-state index in [0.717, 1.165) is 23.1 Å². The highest BCUT2D eigenvalue weighted by Crippen LogP contribution is 2.09. The zero-order chi connectivity index (χ0) is 14.8. The standard InChI is InChI=1S/C13H18S.2C2H6/c1-5-8-11-12(4)14-13(9-6-2)10-7-3;2*1-2/h6-11H,2,4-5H2,1,3H3;2*1-2H3/p+1/b10-7-,11-8-,13-9+;;. The maximum atomic E-state index is 3.99. The maximum Gasteiger partial charge on any atom is 0.157 e. The third-order valence-electron chi connectivity index (χ3n) is 1.44. The summed E-state index contributed by atoms with van der Waals surface area (Å²) in [7, 11) is 0. The molecule has 0 saturated heterocycles. The van der Waals surface area contributed by atoms with Crippen LogP contribution in [0.25, 0.3) is 0 Å². The second kappa shape index (κ2) is 21.3. The predicted octanol–water partition coefficient (Wildman–Crippen LogP) is 5.98. The second-order valence-corrected chi connectivity index (χ2v) is 4.06. The number of hydrogen-bond acceptors (Lipinski definition) is 0. The molecule has 0 spiro atoms. The molecule has 0 atom stereocenters. The van der Waals surface area contributed by atoms with E-state index in [2.05, 4.69) is 38.3 Å². The molecule has 0 rings (SSSR count). The summed E-state index contributed by atoms with van der Waals surface area (Å²) in [5.41, 5.74) is 0. The average molecular weight is 268 g/mol. The van der Waals surface area contributed by atoms with Gasteiger partial charge in [-0.05, 0) is 38.2 Å². The van der Waals surface area contributed by atoms with Crippen LogP contribution < -0.4 is 0 Å². The molecule has 0 radical (unpaired) electrons. The molecule has 0 nitrogen and oxygen atoms in total. The highest BCUT2D eigenvalue weighted by Gasteiger charge is 2.04. The number of allylic oxidation sites excluding steroid dienone is 6. The van der Waals surface area contributed by atoms with Crippen molar-refractivity contribution in [1.82, 2.24) is 0 Å². The Bertz CT molecular complexity index is 267. The first-order valence-corrected chi connectivity index (χ1v) is 7.66. The topological polar surface area (TPSA) is 0 Å². The molecule has 1 heteroatoms. The van der Waals surface area contributed by atoms with Gasteiger partial charge in [0.05, 0.1) is 0 Å². The summed E-state index contributed by atoms with van der Waals surface area (Å²) < 4.78 is 0. The Balaban J connectivity index is -0.000000506. The van der Waals surface area contributed by atoms with Crippen LogP contribution in [0.2, 0.25) is 0 Å². The zero-order valence-corrected chi connectivity index (χ0v) is 13.9. The highest BCUT2D eigenvalue weighted by molar-refractivity contribution is 7.87. The lowest BCUT2D eigenvalue weighted by Crippen LogP contribution is -1.84. The van der Waals surface area contributed by atoms with Crippen LogP contribution >= 0.6 is 0 Å². The summed E-state index contributed by atoms with van der Waals surface area (Å²) in [6, 6.07) is 0. The van der Waals surface area contributed by atoms with Crippen molar-refractivity contribution in [2.45, 2.75) is 48.0 Å². The Morgan fingerprint density at radius 2 is 1.67 bits per heavy atom. The minimum absolute atomic E-state index is 1.05. The van der Waals surface area contributed by atoms with Crippen LogP contribution in [-0.2, 0) is 11.8 Å². The van der Waals surface area contributed by atoms with Gasteiger partial charge in [0.1, 0.15) is 0 Å². The Labute approximate surface area is 119 Å². The van der Waals surface area contributed by atoms with Gasteiger partial charge in [-0.15, -0.1) is 0 Å². The van der Waals surface area contributed by atoms with Crippen molar-refractivity contribution < 1.29 is 0 Å². The van der Waals surface area contributed by atoms with Crippen LogP contribution in [0.3, 0.4) is 0 Å². The van der Waals surface area contributed by atoms with Gasteiger partial charge in [0.15, 0.2) is 9.81 Å². The molecule has 0 aliphatic heterocycles. The van der Waals surface area contributed by atoms with Crippen molar-refractivity contribution in [1.29, 1.82) is 0 Å². The third-order valence-corrected chi connectivity index (χ3v) is 2.44. The van der Waals surface area contributed by atoms with Crippen LogP contribution in [0.5, 0.6) is 0 Å². The van der Waals surface area contributed by atoms with Gasteiger partial charge in [0.25, 0.3) is 0 Å². The van der Waals surface area contributed by atoms with Crippen LogP contribution in [0.1, 0.15) is 48.0 Å². The molecule has 0 amide bonds. The second-order valence-electron chi connectivity index (χ2n) is 2.74. The van der Waals surface area contributed by atoms with Gasteiger partial charge in [-0.25, -0.2) is 0 Å². The average Bonchev–Trinajstić information content (AvgIpc) is 2.41. The van der Waals surface area contributed by atoms with E-state index < -0.39 is 0 Å². The van der Waals surface area contributed by atoms with E-state index in [0.29, 0.717) is 0 Å². The van der Waals surface area contributed by atoms with Gasteiger partial charge in [-0.2, -0.15) is 0 Å². The molecule has 0 aliphatic rings. The van der Waals surface area contributed by atoms with E-state index in [-0.39, 0.29) is 0 Å². The van der Waals surface area contributed by atoms with Crippen molar-refractivity contribution in [2.75, 3.05) is 0 Å². The minimum atomic E-state index is 1.05. The Morgan fingerprint density at radius 3 is 2.06 bits per heavy atom. The largest absolute Gasteiger partial charge is 0.157 e. The molecule has 0 N–H and O–H groups in total. The lowest BCUT2D eigenvalue weighted by atomic mass is 10.4. The van der Waals surface area contributed by atoms with Crippen LogP contribution in [0, 0.1) is 0 Å². The summed E-state index contributed by atoms with van der Waals surface area (Å²) in [5, 5.41) is 0. The van der Waals surface area contributed by atoms with E-state index in [4.69, 9.17) is 0 Å². The molecule has 0 fully saturated rings. The fraction of sp³-hybridized carbons (Fsp3) is 0.412. The van der Waals surface area contributed by atoms with Crippen LogP contribution in [0.15, 0.2) is 59.4 Å². The molecule has 0 aliphatic carbocycles. The quantitative estimate of drug-likeness (QED) is 0.315. The molecule has 0 bridgehead atoms. The summed E-state index contributed by atoms with van der Waals surface area (Å²) in [5.74, 6) is 0. The number of thiol groups is 1. The Morgan fingerprint density at radius 1 is 1.11 bits per heavy atom. The van der Waals surface area contributed by atoms with Crippen molar-refractivity contribution in [2.24, 2.45) is 0 Å². The normalized spacial score (nSPS) is 10.4. The molecule has 0 aromatic carbocycles. The first-order valence-electron chi connectivity index (χ1n) is 6.77. The lowest BCUT2D eigenvalue weighted by molar-refractivity contribution is 1.22. The van der Waals surface area contributed by atoms with Crippen LogP contribution in [0.4, 0.5) is 0 Å². The number of hydrogen-bond donors (Lipinski definition) is 0. The van der Waals surface area contributed by atoms with E-state index in [9.17, 15) is 0 Å². The van der Waals surface area contributed by atoms with E-state index in [1.54, 1.807) is 6.08 Å². The van der Waals surface area contributed by atoms with E-state index in [1.165, 1.54) is 4.91 Å². The molecule has 18 heavy (non-hydrogen) atoms. The third kappa shape index (κ3) is 17.4. The molecular weight excluding hydrogens is 236 g/mol. The van der Waals surface area contributed by atoms with Crippen molar-refractivity contribution in [3.05, 3.63) is 59.4 Å². The van der Waals surface area contributed by atoms with Crippen molar-refractivity contribution >= 4 is 11.8 Å². The minimum Gasteiger partial charge on any atom is -0.0989 e. The van der Waals surface area contributed by atoms with E-state index in [1.807, 2.05) is 46.8 Å². The molecule has 0 heterocycles. The van der Waals surface area contributed by atoms with E-state index >= 15 is 0 Å². The SMILES string of the molecule is C=C/C=C(\C=C/C)[SH+]C(=C)/C=C\CC.CC.CC. The van der Waals surface area contributed by atoms with Gasteiger partial charge < -0.3 is 0 Å². The lowest BCUT2D eigenvalue weighted by Gasteiger charge is -1.90. The maximum absolute atomic E-state index is 3.99. The fourth-order valence-electron chi connectivity index (χ4n) is 0.879. The summed E-state index contributed by atoms with van der Waals surface area (Å²) in [6.07, 6.45) is 13.2. The Kier molecular flexibility index (Phi) is 26.4. The molecule has 0 aromatic heterocycles. The fourth-order valence-corrected chi connectivity index (χ4v) is 1.79. The highest BCUT2D eigenvalue weighted by atomic mass is 32.2. The molecular formula is C17H31S+. The predicted molar refractivity (Wildman–Crippen MR) is 93.1 cm³/mol. The van der Waals surface area contributed by atoms with Gasteiger partial charge in [0.2, 0.25) is 0 Å². The smallest absolute Gasteiger partial charge is 0.0989 e. The summed E-state index contributed by atoms with van der Waals surface area (Å²) in [6.45, 7) is 19.8. The first kappa shape index (κ1) is 22.2. The molecule has 0 aromatic rings. The molecule has 104 valence electrons. The zero-order valence-electron chi connectivity index (χ0n) is 13.0. The molecule has 0 unspecified atom stereocenters. The number of rotatable bonds is 6. The van der Waals surface area contributed by atoms with Gasteiger partial charge in [-0.1, -0.05) is 59.4 Å². The van der Waals surface area contributed by atoms with Gasteiger partial charge >= 0.3 is 0 Å².